The molecule has 0 fully saturated rings. The number of halogens is 2. The molecule has 0 spiro atoms. The van der Waals surface area contributed by atoms with Gasteiger partial charge in [0.05, 0.1) is 18.0 Å². The van der Waals surface area contributed by atoms with Crippen molar-refractivity contribution >= 4 is 6.29 Å². The normalized spacial score (nSPS) is 8.55. The van der Waals surface area contributed by atoms with Gasteiger partial charge < -0.3 is 5.48 Å². The van der Waals surface area contributed by atoms with Crippen molar-refractivity contribution in [3.63, 3.8) is 0 Å². The Kier molecular flexibility index (Phi) is 3.26. The largest absolute Gasteiger partial charge is 0.412 e. The maximum absolute atomic E-state index is 12.3. The average molecular weight is 161 g/mol. The van der Waals surface area contributed by atoms with Gasteiger partial charge in [-0.2, -0.15) is 0 Å². The molecule has 0 saturated heterocycles. The van der Waals surface area contributed by atoms with Crippen LogP contribution in [0.5, 0.6) is 0 Å². The van der Waals surface area contributed by atoms with Gasteiger partial charge in [-0.05, 0) is 0 Å². The number of nitrogens with zero attached hydrogens (tertiary/aromatic N) is 1. The van der Waals surface area contributed by atoms with Gasteiger partial charge in [0.1, 0.15) is 0 Å². The lowest BCUT2D eigenvalue weighted by Crippen LogP contribution is -1.93. The molecule has 0 saturated carbocycles. The van der Waals surface area contributed by atoms with E-state index >= 15 is 0 Å². The van der Waals surface area contributed by atoms with Crippen LogP contribution in [-0.2, 0) is 0 Å². The molecule has 3 nitrogen and oxygen atoms in total. The second kappa shape index (κ2) is 3.72. The molecule has 1 rings (SSSR count). The number of carbonyl (C=O) groups is 1. The van der Waals surface area contributed by atoms with Crippen molar-refractivity contribution in [1.82, 2.24) is 4.98 Å². The Bertz CT molecular complexity index is 245. The third kappa shape index (κ3) is 1.78. The first-order chi connectivity index (χ1) is 4.75. The molecule has 11 heavy (non-hydrogen) atoms. The number of aldehydes is 1. The highest BCUT2D eigenvalue weighted by Gasteiger charge is 2.05. The van der Waals surface area contributed by atoms with Crippen LogP contribution in [0.25, 0.3) is 0 Å². The zero-order valence-corrected chi connectivity index (χ0v) is 5.34. The summed E-state index contributed by atoms with van der Waals surface area (Å²) in [7, 11) is 0. The standard InChI is InChI=1S/C6H3F2NO.H2O/c7-5-1-9-2-6(8)4(5)3-10;/h1-3H;1H2. The van der Waals surface area contributed by atoms with E-state index in [9.17, 15) is 13.6 Å². The molecule has 1 heterocycles. The zero-order valence-electron chi connectivity index (χ0n) is 5.34. The second-order valence-electron chi connectivity index (χ2n) is 1.63. The van der Waals surface area contributed by atoms with Crippen molar-refractivity contribution in [1.29, 1.82) is 0 Å². The summed E-state index contributed by atoms with van der Waals surface area (Å²) >= 11 is 0. The summed E-state index contributed by atoms with van der Waals surface area (Å²) in [4.78, 5) is 13.1. The maximum Gasteiger partial charge on any atom is 0.156 e. The van der Waals surface area contributed by atoms with E-state index in [1.807, 2.05) is 0 Å². The van der Waals surface area contributed by atoms with E-state index in [2.05, 4.69) is 4.98 Å². The van der Waals surface area contributed by atoms with Crippen LogP contribution < -0.4 is 0 Å². The van der Waals surface area contributed by atoms with Gasteiger partial charge in [-0.1, -0.05) is 0 Å². The fourth-order valence-corrected chi connectivity index (χ4v) is 0.534. The molecule has 0 amide bonds. The zero-order chi connectivity index (χ0) is 7.56. The lowest BCUT2D eigenvalue weighted by Gasteiger charge is -1.92. The summed E-state index contributed by atoms with van der Waals surface area (Å²) in [5, 5.41) is 0. The molecule has 0 atom stereocenters. The predicted molar refractivity (Wildman–Crippen MR) is 33.2 cm³/mol. The van der Waals surface area contributed by atoms with Gasteiger partial charge in [0.15, 0.2) is 17.9 Å². The lowest BCUT2D eigenvalue weighted by atomic mass is 10.3. The van der Waals surface area contributed by atoms with Crippen LogP contribution in [0.1, 0.15) is 10.4 Å². The van der Waals surface area contributed by atoms with E-state index in [0.717, 1.165) is 12.4 Å². The van der Waals surface area contributed by atoms with Gasteiger partial charge in [-0.3, -0.25) is 9.78 Å². The van der Waals surface area contributed by atoms with E-state index < -0.39 is 17.2 Å². The Hall–Kier alpha value is -1.36. The second-order valence-corrected chi connectivity index (χ2v) is 1.63. The van der Waals surface area contributed by atoms with Gasteiger partial charge >= 0.3 is 0 Å². The monoisotopic (exact) mass is 161 g/mol. The van der Waals surface area contributed by atoms with E-state index in [0.29, 0.717) is 0 Å². The molecule has 0 aliphatic rings. The molecule has 0 aliphatic carbocycles. The highest BCUT2D eigenvalue weighted by molar-refractivity contribution is 5.75. The summed E-state index contributed by atoms with van der Waals surface area (Å²) in [5.41, 5.74) is -0.574. The number of pyridine rings is 1. The van der Waals surface area contributed by atoms with Crippen molar-refractivity contribution in [2.24, 2.45) is 0 Å². The molecule has 2 N–H and O–H groups in total. The van der Waals surface area contributed by atoms with Crippen LogP contribution >= 0.6 is 0 Å². The SMILES string of the molecule is O.O=Cc1c(F)cncc1F. The smallest absolute Gasteiger partial charge is 0.156 e. The molecule has 60 valence electrons. The van der Waals surface area contributed by atoms with Crippen LogP contribution in [0.4, 0.5) is 8.78 Å². The molecule has 5 heteroatoms. The summed E-state index contributed by atoms with van der Waals surface area (Å²) in [5.74, 6) is -1.87. The van der Waals surface area contributed by atoms with E-state index in [1.165, 1.54) is 0 Å². The topological polar surface area (TPSA) is 61.5 Å². The Morgan fingerprint density at radius 2 is 1.73 bits per heavy atom. The van der Waals surface area contributed by atoms with Gasteiger partial charge in [0.25, 0.3) is 0 Å². The average Bonchev–Trinajstić information content (AvgIpc) is 1.88. The summed E-state index contributed by atoms with van der Waals surface area (Å²) in [6.07, 6.45) is 1.69. The minimum atomic E-state index is -0.935. The number of aromatic nitrogens is 1. The van der Waals surface area contributed by atoms with Gasteiger partial charge in [-0.15, -0.1) is 0 Å². The van der Waals surface area contributed by atoms with Crippen molar-refractivity contribution in [3.8, 4) is 0 Å². The molecule has 0 unspecified atom stereocenters. The molecule has 1 aromatic heterocycles. The van der Waals surface area contributed by atoms with E-state index in [-0.39, 0.29) is 11.8 Å². The van der Waals surface area contributed by atoms with E-state index in [4.69, 9.17) is 0 Å². The first-order valence-corrected chi connectivity index (χ1v) is 2.50. The first kappa shape index (κ1) is 9.64. The summed E-state index contributed by atoms with van der Waals surface area (Å²) in [6.45, 7) is 0. The Balaban J connectivity index is 0.000001000. The maximum atomic E-state index is 12.3. The fraction of sp³-hybridized carbons (Fsp3) is 0. The fourth-order valence-electron chi connectivity index (χ4n) is 0.534. The third-order valence-electron chi connectivity index (χ3n) is 1.01. The Morgan fingerprint density at radius 1 is 1.27 bits per heavy atom. The molecule has 0 aliphatic heterocycles. The number of hydrogen-bond acceptors (Lipinski definition) is 2. The van der Waals surface area contributed by atoms with E-state index in [1.54, 1.807) is 0 Å². The van der Waals surface area contributed by atoms with Crippen LogP contribution in [0, 0.1) is 11.6 Å². The number of rotatable bonds is 1. The van der Waals surface area contributed by atoms with Crippen molar-refractivity contribution in [2.75, 3.05) is 0 Å². The van der Waals surface area contributed by atoms with Crippen molar-refractivity contribution in [3.05, 3.63) is 29.6 Å². The lowest BCUT2D eigenvalue weighted by molar-refractivity contribution is 0.111. The molecule has 0 aromatic carbocycles. The molecular weight excluding hydrogens is 156 g/mol. The predicted octanol–water partition coefficient (Wildman–Crippen LogP) is 0.348. The Labute approximate surface area is 61.0 Å². The summed E-state index contributed by atoms with van der Waals surface area (Å²) in [6, 6.07) is 0. The van der Waals surface area contributed by atoms with Crippen LogP contribution in [0.2, 0.25) is 0 Å². The minimum Gasteiger partial charge on any atom is -0.412 e. The van der Waals surface area contributed by atoms with Crippen molar-refractivity contribution < 1.29 is 19.1 Å². The van der Waals surface area contributed by atoms with Gasteiger partial charge in [0, 0.05) is 0 Å². The highest BCUT2D eigenvalue weighted by Crippen LogP contribution is 2.05. The third-order valence-corrected chi connectivity index (χ3v) is 1.01. The number of carbonyl (C=O) groups excluding carboxylic acids is 1. The summed E-state index contributed by atoms with van der Waals surface area (Å²) < 4.78 is 24.6. The quantitative estimate of drug-likeness (QED) is 0.558. The van der Waals surface area contributed by atoms with Gasteiger partial charge in [-0.25, -0.2) is 8.78 Å². The molecule has 1 aromatic rings. The Morgan fingerprint density at radius 3 is 2.00 bits per heavy atom. The van der Waals surface area contributed by atoms with Crippen LogP contribution in [0.15, 0.2) is 12.4 Å². The minimum absolute atomic E-state index is 0. The first-order valence-electron chi connectivity index (χ1n) is 2.50. The number of hydrogen-bond donors (Lipinski definition) is 0. The van der Waals surface area contributed by atoms with Crippen LogP contribution in [0.3, 0.4) is 0 Å². The molecular formula is C6H5F2NO2. The highest BCUT2D eigenvalue weighted by atomic mass is 19.1. The van der Waals surface area contributed by atoms with Crippen LogP contribution in [-0.4, -0.2) is 16.7 Å². The molecule has 0 bridgehead atoms. The molecule has 0 radical (unpaired) electrons. The van der Waals surface area contributed by atoms with Crippen molar-refractivity contribution in [2.45, 2.75) is 0 Å². The van der Waals surface area contributed by atoms with Gasteiger partial charge in [0.2, 0.25) is 0 Å².